The van der Waals surface area contributed by atoms with Crippen LogP contribution >= 0.6 is 0 Å². The van der Waals surface area contributed by atoms with E-state index in [2.05, 4.69) is 4.98 Å². The fraction of sp³-hybridized carbons (Fsp3) is 0.571. The molecule has 1 aliphatic carbocycles. The maximum absolute atomic E-state index is 13.4. The van der Waals surface area contributed by atoms with Crippen LogP contribution in [0.15, 0.2) is 24.3 Å². The lowest BCUT2D eigenvalue weighted by molar-refractivity contribution is -0.156. The van der Waals surface area contributed by atoms with E-state index >= 15 is 0 Å². The van der Waals surface area contributed by atoms with Crippen molar-refractivity contribution in [3.8, 4) is 0 Å². The van der Waals surface area contributed by atoms with E-state index in [4.69, 9.17) is 4.74 Å². The molecule has 0 radical (unpaired) electrons. The molecule has 180 valence electrons. The number of alkyl halides is 3. The molecule has 1 aliphatic heterocycles. The number of carbonyl (C=O) groups excluding carboxylic acids is 2. The molecule has 2 heterocycles. The van der Waals surface area contributed by atoms with E-state index in [0.29, 0.717) is 6.42 Å². The molecule has 12 heteroatoms. The average Bonchev–Trinajstić information content (AvgIpc) is 3.46. The molecule has 8 nitrogen and oxygen atoms in total. The van der Waals surface area contributed by atoms with Crippen LogP contribution in [0.25, 0.3) is 11.0 Å². The minimum absolute atomic E-state index is 0.00186. The van der Waals surface area contributed by atoms with E-state index in [1.807, 2.05) is 0 Å². The van der Waals surface area contributed by atoms with E-state index in [1.54, 1.807) is 0 Å². The number of sulfone groups is 1. The summed E-state index contributed by atoms with van der Waals surface area (Å²) in [6.45, 7) is -1.41. The van der Waals surface area contributed by atoms with Crippen LogP contribution in [0.3, 0.4) is 0 Å². The Hall–Kier alpha value is -2.63. The van der Waals surface area contributed by atoms with Gasteiger partial charge in [0, 0.05) is 12.1 Å². The van der Waals surface area contributed by atoms with Crippen molar-refractivity contribution < 1.29 is 35.9 Å². The summed E-state index contributed by atoms with van der Waals surface area (Å²) in [5.74, 6) is -2.89. The van der Waals surface area contributed by atoms with E-state index in [-0.39, 0.29) is 28.6 Å². The number of rotatable bonds is 6. The molecule has 2 aromatic rings. The highest BCUT2D eigenvalue weighted by molar-refractivity contribution is 7.91. The molecule has 0 bridgehead atoms. The van der Waals surface area contributed by atoms with Gasteiger partial charge in [0.05, 0.1) is 22.5 Å². The zero-order chi connectivity index (χ0) is 23.8. The lowest BCUT2D eigenvalue weighted by atomic mass is 10.1. The van der Waals surface area contributed by atoms with Gasteiger partial charge < -0.3 is 14.2 Å². The largest absolute Gasteiger partial charge is 0.454 e. The molecule has 0 unspecified atom stereocenters. The Morgan fingerprint density at radius 1 is 1.12 bits per heavy atom. The monoisotopic (exact) mass is 487 g/mol. The molecule has 1 aromatic carbocycles. The Labute approximate surface area is 188 Å². The van der Waals surface area contributed by atoms with Gasteiger partial charge in [-0.1, -0.05) is 25.0 Å². The summed E-state index contributed by atoms with van der Waals surface area (Å²) in [7, 11) is -3.23. The van der Waals surface area contributed by atoms with Gasteiger partial charge in [0.2, 0.25) is 5.82 Å². The number of esters is 1. The number of hydrogen-bond acceptors (Lipinski definition) is 6. The van der Waals surface area contributed by atoms with Crippen molar-refractivity contribution in [2.45, 2.75) is 56.9 Å². The lowest BCUT2D eigenvalue weighted by Crippen LogP contribution is -2.48. The van der Waals surface area contributed by atoms with Crippen LogP contribution in [-0.4, -0.2) is 64.9 Å². The molecule has 1 saturated carbocycles. The van der Waals surface area contributed by atoms with Crippen molar-refractivity contribution in [3.05, 3.63) is 30.1 Å². The van der Waals surface area contributed by atoms with Crippen molar-refractivity contribution in [1.82, 2.24) is 14.5 Å². The molecule has 1 amide bonds. The topological polar surface area (TPSA) is 98.6 Å². The van der Waals surface area contributed by atoms with Crippen molar-refractivity contribution in [1.29, 1.82) is 0 Å². The van der Waals surface area contributed by atoms with Crippen LogP contribution in [-0.2, 0) is 36.9 Å². The van der Waals surface area contributed by atoms with Crippen LogP contribution in [0.1, 0.15) is 37.9 Å². The second kappa shape index (κ2) is 8.96. The van der Waals surface area contributed by atoms with Crippen LogP contribution in [0.4, 0.5) is 13.2 Å². The summed E-state index contributed by atoms with van der Waals surface area (Å²) < 4.78 is 69.9. The number of ether oxygens (including phenoxy) is 1. The number of nitrogens with zero attached hydrogens (tertiary/aromatic N) is 3. The second-order valence-electron chi connectivity index (χ2n) is 8.46. The highest BCUT2D eigenvalue weighted by Crippen LogP contribution is 2.32. The van der Waals surface area contributed by atoms with Crippen LogP contribution in [0.5, 0.6) is 0 Å². The average molecular weight is 488 g/mol. The minimum atomic E-state index is -4.78. The van der Waals surface area contributed by atoms with Crippen LogP contribution in [0.2, 0.25) is 0 Å². The number of aromatic nitrogens is 2. The standard InChI is InChI=1S/C21H24F3N3O5S/c22-21(23,24)20-25-16-7-3-4-8-17(16)26(20)11-19(29)32-12-18(28)27(14-5-1-2-6-14)15-9-10-33(30,31)13-15/h3-4,7-8,14-15H,1-2,5-6,9-13H2/t15-/m0/s1. The SMILES string of the molecule is O=C(Cn1c(C(F)(F)F)nc2ccccc21)OCC(=O)N(C1CCCC1)[C@H]1CCS(=O)(=O)C1. The molecular formula is C21H24F3N3O5S. The van der Waals surface area contributed by atoms with Gasteiger partial charge in [0.25, 0.3) is 5.91 Å². The third kappa shape index (κ3) is 5.15. The van der Waals surface area contributed by atoms with Crippen molar-refractivity contribution in [2.75, 3.05) is 18.1 Å². The second-order valence-corrected chi connectivity index (χ2v) is 10.7. The zero-order valence-corrected chi connectivity index (χ0v) is 18.6. The third-order valence-corrected chi connectivity index (χ3v) is 7.91. The normalized spacial score (nSPS) is 20.9. The first kappa shape index (κ1) is 23.5. The number of halogens is 3. The third-order valence-electron chi connectivity index (χ3n) is 6.16. The molecule has 1 aromatic heterocycles. The quantitative estimate of drug-likeness (QED) is 0.581. The van der Waals surface area contributed by atoms with Gasteiger partial charge in [-0.2, -0.15) is 13.2 Å². The Kier molecular flexibility index (Phi) is 6.39. The Morgan fingerprint density at radius 2 is 1.82 bits per heavy atom. The maximum Gasteiger partial charge on any atom is 0.449 e. The first-order valence-corrected chi connectivity index (χ1v) is 12.6. The van der Waals surface area contributed by atoms with Crippen molar-refractivity contribution in [2.24, 2.45) is 0 Å². The number of benzene rings is 1. The summed E-state index contributed by atoms with van der Waals surface area (Å²) in [5.41, 5.74) is 0.209. The Morgan fingerprint density at radius 3 is 2.45 bits per heavy atom. The van der Waals surface area contributed by atoms with Crippen molar-refractivity contribution in [3.63, 3.8) is 0 Å². The fourth-order valence-electron chi connectivity index (χ4n) is 4.73. The summed E-state index contributed by atoms with van der Waals surface area (Å²) in [6, 6.07) is 5.30. The van der Waals surface area contributed by atoms with Crippen molar-refractivity contribution >= 4 is 32.7 Å². The van der Waals surface area contributed by atoms with Gasteiger partial charge in [0.15, 0.2) is 16.4 Å². The van der Waals surface area contributed by atoms with Gasteiger partial charge in [-0.05, 0) is 31.4 Å². The minimum Gasteiger partial charge on any atom is -0.454 e. The van der Waals surface area contributed by atoms with Gasteiger partial charge in [-0.3, -0.25) is 9.59 Å². The smallest absolute Gasteiger partial charge is 0.449 e. The fourth-order valence-corrected chi connectivity index (χ4v) is 6.44. The molecule has 4 rings (SSSR count). The zero-order valence-electron chi connectivity index (χ0n) is 17.8. The molecule has 1 saturated heterocycles. The summed E-state index contributed by atoms with van der Waals surface area (Å²) >= 11 is 0. The predicted octanol–water partition coefficient (Wildman–Crippen LogP) is 2.56. The molecule has 0 spiro atoms. The highest BCUT2D eigenvalue weighted by Gasteiger charge is 2.40. The molecule has 33 heavy (non-hydrogen) atoms. The summed E-state index contributed by atoms with van der Waals surface area (Å²) in [5, 5.41) is 0. The van der Waals surface area contributed by atoms with Gasteiger partial charge >= 0.3 is 12.1 Å². The number of para-hydroxylation sites is 2. The Bertz CT molecular complexity index is 1160. The number of hydrogen-bond donors (Lipinski definition) is 0. The molecule has 2 aliphatic rings. The Balaban J connectivity index is 1.46. The first-order chi connectivity index (χ1) is 15.5. The van der Waals surface area contributed by atoms with Gasteiger partial charge in [-0.15, -0.1) is 0 Å². The van der Waals surface area contributed by atoms with E-state index in [1.165, 1.54) is 29.2 Å². The lowest BCUT2D eigenvalue weighted by Gasteiger charge is -2.33. The van der Waals surface area contributed by atoms with Crippen LogP contribution < -0.4 is 0 Å². The molecule has 2 fully saturated rings. The van der Waals surface area contributed by atoms with Crippen LogP contribution in [0, 0.1) is 0 Å². The van der Waals surface area contributed by atoms with E-state index in [9.17, 15) is 31.2 Å². The summed E-state index contributed by atoms with van der Waals surface area (Å²) in [6.07, 6.45) is -1.13. The predicted molar refractivity (Wildman–Crippen MR) is 112 cm³/mol. The number of imidazole rings is 1. The molecular weight excluding hydrogens is 463 g/mol. The molecule has 1 atom stereocenters. The van der Waals surface area contributed by atoms with E-state index in [0.717, 1.165) is 30.3 Å². The highest BCUT2D eigenvalue weighted by atomic mass is 32.2. The molecule has 0 N–H and O–H groups in total. The number of amides is 1. The van der Waals surface area contributed by atoms with Gasteiger partial charge in [0.1, 0.15) is 6.54 Å². The number of carbonyl (C=O) groups is 2. The first-order valence-electron chi connectivity index (χ1n) is 10.7. The maximum atomic E-state index is 13.4. The summed E-state index contributed by atoms with van der Waals surface area (Å²) in [4.78, 5) is 30.4. The number of fused-ring (bicyclic) bond motifs is 1. The van der Waals surface area contributed by atoms with Gasteiger partial charge in [-0.25, -0.2) is 13.4 Å². The van der Waals surface area contributed by atoms with E-state index < -0.39 is 52.9 Å².